The van der Waals surface area contributed by atoms with Crippen molar-refractivity contribution >= 4 is 45.5 Å². The first kappa shape index (κ1) is 30.3. The van der Waals surface area contributed by atoms with E-state index in [2.05, 4.69) is 26.7 Å². The fourth-order valence-electron chi connectivity index (χ4n) is 4.27. The predicted octanol–water partition coefficient (Wildman–Crippen LogP) is 6.55. The van der Waals surface area contributed by atoms with Crippen LogP contribution in [0, 0.1) is 25.2 Å². The molecule has 0 saturated heterocycles. The number of nitriles is 1. The van der Waals surface area contributed by atoms with Gasteiger partial charge >= 0.3 is 0 Å². The number of aromatic nitrogens is 2. The van der Waals surface area contributed by atoms with Gasteiger partial charge in [-0.05, 0) is 71.3 Å². The number of hydrogen-bond acceptors (Lipinski definition) is 8. The minimum atomic E-state index is -0.296. The molecule has 4 rings (SSSR count). The number of hydrogen-bond donors (Lipinski definition) is 2. The Kier molecular flexibility index (Phi) is 9.97. The van der Waals surface area contributed by atoms with Crippen LogP contribution in [0.5, 0.6) is 11.5 Å². The Morgan fingerprint density at radius 1 is 1.10 bits per heavy atom. The molecule has 0 aliphatic heterocycles. The summed E-state index contributed by atoms with van der Waals surface area (Å²) in [6, 6.07) is 16.9. The van der Waals surface area contributed by atoms with Gasteiger partial charge in [-0.1, -0.05) is 23.7 Å². The van der Waals surface area contributed by atoms with Crippen LogP contribution in [0.15, 0.2) is 60.7 Å². The Morgan fingerprint density at radius 3 is 2.60 bits per heavy atom. The summed E-state index contributed by atoms with van der Waals surface area (Å²) in [5.41, 5.74) is 4.89. The summed E-state index contributed by atoms with van der Waals surface area (Å²) in [6.45, 7) is 6.88. The zero-order chi connectivity index (χ0) is 30.2. The van der Waals surface area contributed by atoms with Crippen molar-refractivity contribution in [1.29, 1.82) is 5.26 Å². The number of ether oxygens (including phenoxy) is 2. The molecule has 0 atom stereocenters. The Bertz CT molecular complexity index is 1680. The number of pyridine rings is 2. The average Bonchev–Trinajstić information content (AvgIpc) is 2.93. The smallest absolute Gasteiger partial charge is 0.248 e. The minimum Gasteiger partial charge on any atom is -0.492 e. The lowest BCUT2D eigenvalue weighted by Gasteiger charge is -2.17. The van der Waals surface area contributed by atoms with E-state index in [1.165, 1.54) is 6.08 Å². The molecule has 4 aromatic rings. The lowest BCUT2D eigenvalue weighted by molar-refractivity contribution is -0.111. The summed E-state index contributed by atoms with van der Waals surface area (Å²) in [7, 11) is 3.84. The lowest BCUT2D eigenvalue weighted by atomic mass is 10.0. The molecule has 10 heteroatoms. The van der Waals surface area contributed by atoms with Crippen LogP contribution in [0.3, 0.4) is 0 Å². The largest absolute Gasteiger partial charge is 0.492 e. The van der Waals surface area contributed by atoms with Crippen molar-refractivity contribution in [1.82, 2.24) is 14.9 Å². The zero-order valence-corrected chi connectivity index (χ0v) is 25.0. The van der Waals surface area contributed by atoms with E-state index in [1.54, 1.807) is 37.3 Å². The summed E-state index contributed by atoms with van der Waals surface area (Å²) in [5, 5.41) is 17.3. The number of carbonyl (C=O) groups is 1. The van der Waals surface area contributed by atoms with Gasteiger partial charge in [-0.3, -0.25) is 14.8 Å². The van der Waals surface area contributed by atoms with Crippen molar-refractivity contribution in [3.8, 4) is 17.6 Å². The standard InChI is InChI=1S/C32H33ClN6O3/c1-6-41-30-17-27-24(16-28(30)38-31(40)11-8-14-39(4)5)32(25(18-34)21(3)36-27)37-22-12-13-29(26(33)15-22)42-19-23-10-7-9-20(2)35-23/h7-13,15-17H,6,14,19H2,1-5H3,(H,36,37)(H,38,40)/b11-8+. The first-order valence-corrected chi connectivity index (χ1v) is 13.8. The molecule has 0 saturated carbocycles. The molecular formula is C32H33ClN6O3. The quantitative estimate of drug-likeness (QED) is 0.191. The minimum absolute atomic E-state index is 0.280. The molecule has 2 aromatic carbocycles. The monoisotopic (exact) mass is 584 g/mol. The van der Waals surface area contributed by atoms with Crippen LogP contribution in [0.1, 0.15) is 29.6 Å². The number of carbonyl (C=O) groups excluding carboxylic acids is 1. The van der Waals surface area contributed by atoms with Crippen LogP contribution in [-0.2, 0) is 11.4 Å². The van der Waals surface area contributed by atoms with E-state index in [-0.39, 0.29) is 12.5 Å². The molecule has 0 radical (unpaired) electrons. The van der Waals surface area contributed by atoms with Gasteiger partial charge in [0.25, 0.3) is 0 Å². The molecular weight excluding hydrogens is 552 g/mol. The van der Waals surface area contributed by atoms with E-state index in [0.29, 0.717) is 68.9 Å². The third kappa shape index (κ3) is 7.55. The van der Waals surface area contributed by atoms with Crippen LogP contribution in [0.25, 0.3) is 10.9 Å². The number of anilines is 3. The number of likely N-dealkylation sites (N-methyl/N-ethyl adjacent to an activating group) is 1. The van der Waals surface area contributed by atoms with Gasteiger partial charge in [-0.15, -0.1) is 0 Å². The number of fused-ring (bicyclic) bond motifs is 1. The van der Waals surface area contributed by atoms with Gasteiger partial charge < -0.3 is 25.0 Å². The van der Waals surface area contributed by atoms with Crippen molar-refractivity contribution in [2.24, 2.45) is 0 Å². The van der Waals surface area contributed by atoms with Crippen LogP contribution >= 0.6 is 11.6 Å². The maximum absolute atomic E-state index is 12.7. The normalized spacial score (nSPS) is 11.1. The van der Waals surface area contributed by atoms with Crippen LogP contribution in [0.4, 0.5) is 17.1 Å². The van der Waals surface area contributed by atoms with Gasteiger partial charge in [0.15, 0.2) is 0 Å². The second kappa shape index (κ2) is 13.8. The second-order valence-electron chi connectivity index (χ2n) is 9.84. The SMILES string of the molecule is CCOc1cc2nc(C)c(C#N)c(Nc3ccc(OCc4cccc(C)n4)c(Cl)c3)c2cc1NC(=O)/C=C/CN(C)C. The third-order valence-corrected chi connectivity index (χ3v) is 6.49. The maximum atomic E-state index is 12.7. The summed E-state index contributed by atoms with van der Waals surface area (Å²) in [4.78, 5) is 23.7. The fourth-order valence-corrected chi connectivity index (χ4v) is 4.50. The molecule has 2 aromatic heterocycles. The van der Waals surface area contributed by atoms with Crippen LogP contribution < -0.4 is 20.1 Å². The maximum Gasteiger partial charge on any atom is 0.248 e. The second-order valence-corrected chi connectivity index (χ2v) is 10.2. The first-order valence-electron chi connectivity index (χ1n) is 13.4. The van der Waals surface area contributed by atoms with Crippen molar-refractivity contribution in [3.05, 3.63) is 88.4 Å². The number of benzene rings is 2. The number of halogens is 1. The average molecular weight is 585 g/mol. The number of amides is 1. The third-order valence-electron chi connectivity index (χ3n) is 6.20. The highest BCUT2D eigenvalue weighted by atomic mass is 35.5. The molecule has 0 unspecified atom stereocenters. The van der Waals surface area contributed by atoms with E-state index in [0.717, 1.165) is 11.4 Å². The first-order chi connectivity index (χ1) is 20.2. The summed E-state index contributed by atoms with van der Waals surface area (Å²) in [5.74, 6) is 0.695. The van der Waals surface area contributed by atoms with Gasteiger partial charge in [0.1, 0.15) is 24.2 Å². The zero-order valence-electron chi connectivity index (χ0n) is 24.3. The van der Waals surface area contributed by atoms with Crippen LogP contribution in [-0.4, -0.2) is 48.0 Å². The Morgan fingerprint density at radius 2 is 1.90 bits per heavy atom. The molecule has 0 bridgehead atoms. The molecule has 0 aliphatic carbocycles. The fraction of sp³-hybridized carbons (Fsp3) is 0.250. The van der Waals surface area contributed by atoms with E-state index in [1.807, 2.05) is 57.1 Å². The van der Waals surface area contributed by atoms with Gasteiger partial charge in [0, 0.05) is 35.5 Å². The van der Waals surface area contributed by atoms with Crippen molar-refractivity contribution in [3.63, 3.8) is 0 Å². The molecule has 216 valence electrons. The van der Waals surface area contributed by atoms with Gasteiger partial charge in [0.05, 0.1) is 45.5 Å². The van der Waals surface area contributed by atoms with Crippen LogP contribution in [0.2, 0.25) is 5.02 Å². The number of nitrogens with zero attached hydrogens (tertiary/aromatic N) is 4. The van der Waals surface area contributed by atoms with Crippen molar-refractivity contribution in [2.75, 3.05) is 37.9 Å². The molecule has 42 heavy (non-hydrogen) atoms. The molecule has 2 heterocycles. The summed E-state index contributed by atoms with van der Waals surface area (Å²) < 4.78 is 11.7. The lowest BCUT2D eigenvalue weighted by Crippen LogP contribution is -2.13. The molecule has 0 spiro atoms. The van der Waals surface area contributed by atoms with Crippen molar-refractivity contribution in [2.45, 2.75) is 27.4 Å². The molecule has 9 nitrogen and oxygen atoms in total. The molecule has 2 N–H and O–H groups in total. The highest BCUT2D eigenvalue weighted by molar-refractivity contribution is 6.32. The summed E-state index contributed by atoms with van der Waals surface area (Å²) >= 11 is 6.58. The Hall–Kier alpha value is -4.65. The molecule has 0 aliphatic rings. The Balaban J connectivity index is 1.68. The number of nitrogens with one attached hydrogen (secondary N) is 2. The van der Waals surface area contributed by atoms with E-state index < -0.39 is 0 Å². The Labute approximate surface area is 250 Å². The number of aryl methyl sites for hydroxylation is 2. The number of rotatable bonds is 11. The highest BCUT2D eigenvalue weighted by Crippen LogP contribution is 2.38. The van der Waals surface area contributed by atoms with E-state index >= 15 is 0 Å². The van der Waals surface area contributed by atoms with E-state index in [9.17, 15) is 10.1 Å². The summed E-state index contributed by atoms with van der Waals surface area (Å²) in [6.07, 6.45) is 3.25. The van der Waals surface area contributed by atoms with Gasteiger partial charge in [0.2, 0.25) is 5.91 Å². The predicted molar refractivity (Wildman–Crippen MR) is 167 cm³/mol. The van der Waals surface area contributed by atoms with Gasteiger partial charge in [-0.25, -0.2) is 0 Å². The highest BCUT2D eigenvalue weighted by Gasteiger charge is 2.18. The van der Waals surface area contributed by atoms with E-state index in [4.69, 9.17) is 21.1 Å². The molecule has 1 amide bonds. The van der Waals surface area contributed by atoms with Gasteiger partial charge in [-0.2, -0.15) is 5.26 Å². The molecule has 0 fully saturated rings. The topological polar surface area (TPSA) is 112 Å². The van der Waals surface area contributed by atoms with Crippen molar-refractivity contribution < 1.29 is 14.3 Å².